The molecule has 1 aromatic rings. The van der Waals surface area contributed by atoms with Crippen LogP contribution in [0.5, 0.6) is 0 Å². The molecule has 1 aliphatic heterocycles. The standard InChI is InChI=1S/C19H28N4O2/c1-2-15-8-9-20-17(14-15)18(24)22-10-12-23(13-11-22)19(25)21-16-6-4-3-5-7-16/h8-9,14,16H,2-7,10-13H2,1H3,(H,21,25). The van der Waals surface area contributed by atoms with E-state index in [1.807, 2.05) is 17.0 Å². The first-order chi connectivity index (χ1) is 12.2. The summed E-state index contributed by atoms with van der Waals surface area (Å²) in [5.41, 5.74) is 1.61. The van der Waals surface area contributed by atoms with Crippen LogP contribution >= 0.6 is 0 Å². The Labute approximate surface area is 149 Å². The Morgan fingerprint density at radius 2 is 1.80 bits per heavy atom. The summed E-state index contributed by atoms with van der Waals surface area (Å²) in [5, 5.41) is 3.15. The van der Waals surface area contributed by atoms with Gasteiger partial charge in [0.1, 0.15) is 5.69 Å². The van der Waals surface area contributed by atoms with Gasteiger partial charge in [-0.15, -0.1) is 0 Å². The number of carbonyl (C=O) groups is 2. The lowest BCUT2D eigenvalue weighted by Gasteiger charge is -2.35. The number of nitrogens with one attached hydrogen (secondary N) is 1. The Kier molecular flexibility index (Phi) is 5.89. The van der Waals surface area contributed by atoms with Crippen molar-refractivity contribution in [2.45, 2.75) is 51.5 Å². The summed E-state index contributed by atoms with van der Waals surface area (Å²) < 4.78 is 0. The molecule has 0 spiro atoms. The van der Waals surface area contributed by atoms with Crippen molar-refractivity contribution in [1.29, 1.82) is 0 Å². The Morgan fingerprint density at radius 3 is 2.48 bits per heavy atom. The Bertz CT molecular complexity index is 605. The molecule has 136 valence electrons. The maximum Gasteiger partial charge on any atom is 0.317 e. The maximum absolute atomic E-state index is 12.6. The third-order valence-corrected chi connectivity index (χ3v) is 5.24. The highest BCUT2D eigenvalue weighted by molar-refractivity contribution is 5.92. The van der Waals surface area contributed by atoms with Crippen molar-refractivity contribution in [2.75, 3.05) is 26.2 Å². The number of amides is 3. The highest BCUT2D eigenvalue weighted by Crippen LogP contribution is 2.18. The molecule has 2 aliphatic rings. The summed E-state index contributed by atoms with van der Waals surface area (Å²) in [6.07, 6.45) is 8.44. The van der Waals surface area contributed by atoms with E-state index in [4.69, 9.17) is 0 Å². The van der Waals surface area contributed by atoms with Crippen molar-refractivity contribution in [3.8, 4) is 0 Å². The van der Waals surface area contributed by atoms with E-state index in [1.54, 1.807) is 11.1 Å². The second-order valence-electron chi connectivity index (χ2n) is 6.97. The minimum absolute atomic E-state index is 0.0186. The zero-order chi connectivity index (χ0) is 17.6. The number of hydrogen-bond donors (Lipinski definition) is 1. The second-order valence-corrected chi connectivity index (χ2v) is 6.97. The SMILES string of the molecule is CCc1ccnc(C(=O)N2CCN(C(=O)NC3CCCCC3)CC2)c1. The second kappa shape index (κ2) is 8.32. The fourth-order valence-corrected chi connectivity index (χ4v) is 3.60. The van der Waals surface area contributed by atoms with Gasteiger partial charge in [0, 0.05) is 38.4 Å². The summed E-state index contributed by atoms with van der Waals surface area (Å²) in [6, 6.07) is 4.14. The van der Waals surface area contributed by atoms with Crippen LogP contribution in [0.25, 0.3) is 0 Å². The first-order valence-electron chi connectivity index (χ1n) is 9.47. The van der Waals surface area contributed by atoms with Crippen molar-refractivity contribution in [3.63, 3.8) is 0 Å². The molecule has 6 nitrogen and oxygen atoms in total. The van der Waals surface area contributed by atoms with Crippen LogP contribution in [-0.4, -0.2) is 58.9 Å². The summed E-state index contributed by atoms with van der Waals surface area (Å²) in [7, 11) is 0. The van der Waals surface area contributed by atoms with Gasteiger partial charge >= 0.3 is 6.03 Å². The van der Waals surface area contributed by atoms with Crippen LogP contribution in [0.15, 0.2) is 18.3 Å². The maximum atomic E-state index is 12.6. The number of hydrogen-bond acceptors (Lipinski definition) is 3. The number of carbonyl (C=O) groups excluding carboxylic acids is 2. The number of pyridine rings is 1. The Morgan fingerprint density at radius 1 is 1.12 bits per heavy atom. The van der Waals surface area contributed by atoms with Gasteiger partial charge in [-0.2, -0.15) is 0 Å². The molecule has 3 rings (SSSR count). The predicted molar refractivity (Wildman–Crippen MR) is 96.5 cm³/mol. The smallest absolute Gasteiger partial charge is 0.317 e. The zero-order valence-electron chi connectivity index (χ0n) is 15.0. The van der Waals surface area contributed by atoms with Crippen molar-refractivity contribution >= 4 is 11.9 Å². The van der Waals surface area contributed by atoms with Crippen LogP contribution in [-0.2, 0) is 6.42 Å². The summed E-state index contributed by atoms with van der Waals surface area (Å²) in [5.74, 6) is -0.0392. The van der Waals surface area contributed by atoms with Crippen LogP contribution in [0, 0.1) is 0 Å². The van der Waals surface area contributed by atoms with Crippen molar-refractivity contribution < 1.29 is 9.59 Å². The van der Waals surface area contributed by atoms with Crippen molar-refractivity contribution in [1.82, 2.24) is 20.1 Å². The number of nitrogens with zero attached hydrogens (tertiary/aromatic N) is 3. The first-order valence-corrected chi connectivity index (χ1v) is 9.47. The van der Waals surface area contributed by atoms with Crippen LogP contribution in [0.3, 0.4) is 0 Å². The summed E-state index contributed by atoms with van der Waals surface area (Å²) >= 11 is 0. The van der Waals surface area contributed by atoms with Gasteiger partial charge in [0.15, 0.2) is 0 Å². The molecule has 2 heterocycles. The van der Waals surface area contributed by atoms with Crippen LogP contribution in [0.2, 0.25) is 0 Å². The van der Waals surface area contributed by atoms with E-state index in [1.165, 1.54) is 19.3 Å². The molecule has 2 fully saturated rings. The molecule has 0 unspecified atom stereocenters. The third kappa shape index (κ3) is 4.50. The van der Waals surface area contributed by atoms with Gasteiger partial charge in [-0.05, 0) is 37.0 Å². The molecule has 0 atom stereocenters. The molecular weight excluding hydrogens is 316 g/mol. The lowest BCUT2D eigenvalue weighted by atomic mass is 9.96. The highest BCUT2D eigenvalue weighted by atomic mass is 16.2. The lowest BCUT2D eigenvalue weighted by molar-refractivity contribution is 0.0656. The third-order valence-electron chi connectivity index (χ3n) is 5.24. The average Bonchev–Trinajstić information content (AvgIpc) is 2.68. The predicted octanol–water partition coefficient (Wildman–Crippen LogP) is 2.44. The monoisotopic (exact) mass is 344 g/mol. The molecular formula is C19H28N4O2. The molecule has 6 heteroatoms. The summed E-state index contributed by atoms with van der Waals surface area (Å²) in [4.78, 5) is 32.8. The number of piperazine rings is 1. The quantitative estimate of drug-likeness (QED) is 0.916. The van der Waals surface area contributed by atoms with Crippen molar-refractivity contribution in [3.05, 3.63) is 29.6 Å². The molecule has 1 N–H and O–H groups in total. The fraction of sp³-hybridized carbons (Fsp3) is 0.632. The molecule has 0 aromatic carbocycles. The first kappa shape index (κ1) is 17.7. The number of rotatable bonds is 3. The highest BCUT2D eigenvalue weighted by Gasteiger charge is 2.27. The van der Waals surface area contributed by atoms with Gasteiger partial charge in [0.2, 0.25) is 0 Å². The zero-order valence-corrected chi connectivity index (χ0v) is 15.0. The molecule has 1 saturated heterocycles. The molecule has 1 aromatic heterocycles. The largest absolute Gasteiger partial charge is 0.335 e. The van der Waals surface area contributed by atoms with Gasteiger partial charge in [0.05, 0.1) is 0 Å². The molecule has 1 saturated carbocycles. The average molecular weight is 344 g/mol. The van der Waals surface area contributed by atoms with E-state index in [9.17, 15) is 9.59 Å². The number of aryl methyl sites for hydroxylation is 1. The minimum Gasteiger partial charge on any atom is -0.335 e. The lowest BCUT2D eigenvalue weighted by Crippen LogP contribution is -2.54. The normalized spacial score (nSPS) is 18.9. The summed E-state index contributed by atoms with van der Waals surface area (Å²) in [6.45, 7) is 4.35. The van der Waals surface area contributed by atoms with Crippen molar-refractivity contribution in [2.24, 2.45) is 0 Å². The van der Waals surface area contributed by atoms with E-state index >= 15 is 0 Å². The van der Waals surface area contributed by atoms with Gasteiger partial charge in [-0.3, -0.25) is 9.78 Å². The molecule has 0 bridgehead atoms. The fourth-order valence-electron chi connectivity index (χ4n) is 3.60. The van der Waals surface area contributed by atoms with E-state index < -0.39 is 0 Å². The molecule has 25 heavy (non-hydrogen) atoms. The van der Waals surface area contributed by atoms with E-state index in [0.29, 0.717) is 37.9 Å². The van der Waals surface area contributed by atoms with Gasteiger partial charge in [0.25, 0.3) is 5.91 Å². The topological polar surface area (TPSA) is 65.5 Å². The number of aromatic nitrogens is 1. The van der Waals surface area contributed by atoms with E-state index in [0.717, 1.165) is 24.8 Å². The van der Waals surface area contributed by atoms with Crippen LogP contribution in [0.4, 0.5) is 4.79 Å². The molecule has 1 aliphatic carbocycles. The molecule has 0 radical (unpaired) electrons. The van der Waals surface area contributed by atoms with Gasteiger partial charge in [-0.25, -0.2) is 4.79 Å². The number of urea groups is 1. The van der Waals surface area contributed by atoms with Gasteiger partial charge < -0.3 is 15.1 Å². The van der Waals surface area contributed by atoms with Gasteiger partial charge in [-0.1, -0.05) is 26.2 Å². The Hall–Kier alpha value is -2.11. The van der Waals surface area contributed by atoms with E-state index in [2.05, 4.69) is 17.2 Å². The Balaban J connectivity index is 1.50. The van der Waals surface area contributed by atoms with Crippen LogP contribution in [0.1, 0.15) is 55.1 Å². The minimum atomic E-state index is -0.0392. The van der Waals surface area contributed by atoms with E-state index in [-0.39, 0.29) is 11.9 Å². The molecule has 3 amide bonds. The van der Waals surface area contributed by atoms with Crippen LogP contribution < -0.4 is 5.32 Å².